The van der Waals surface area contributed by atoms with Crippen LogP contribution in [0.5, 0.6) is 0 Å². The Morgan fingerprint density at radius 2 is 1.79 bits per heavy atom. The topological polar surface area (TPSA) is 61.4 Å². The number of benzene rings is 2. The summed E-state index contributed by atoms with van der Waals surface area (Å²) in [6, 6.07) is 11.9. The number of hydrogen-bond donors (Lipinski definition) is 1. The molecule has 0 spiro atoms. The van der Waals surface area contributed by atoms with Crippen LogP contribution in [0, 0.1) is 5.82 Å². The molecule has 5 rings (SSSR count). The van der Waals surface area contributed by atoms with E-state index >= 15 is 0 Å². The first-order valence-corrected chi connectivity index (χ1v) is 12.1. The Bertz CT molecular complexity index is 1230. The zero-order chi connectivity index (χ0) is 23.8. The van der Waals surface area contributed by atoms with Crippen LogP contribution in [-0.2, 0) is 0 Å². The van der Waals surface area contributed by atoms with Crippen molar-refractivity contribution in [2.75, 3.05) is 36.4 Å². The van der Waals surface area contributed by atoms with Gasteiger partial charge < -0.3 is 15.1 Å². The van der Waals surface area contributed by atoms with Crippen LogP contribution in [0.1, 0.15) is 41.7 Å². The van der Waals surface area contributed by atoms with Crippen LogP contribution in [0.3, 0.4) is 0 Å². The number of nitrogens with zero attached hydrogens (tertiary/aromatic N) is 4. The van der Waals surface area contributed by atoms with E-state index in [1.807, 2.05) is 42.2 Å². The molecule has 1 fully saturated rings. The third-order valence-corrected chi connectivity index (χ3v) is 7.23. The fourth-order valence-corrected chi connectivity index (χ4v) is 5.34. The highest BCUT2D eigenvalue weighted by molar-refractivity contribution is 6.36. The van der Waals surface area contributed by atoms with Gasteiger partial charge in [0.1, 0.15) is 5.82 Å². The van der Waals surface area contributed by atoms with E-state index in [1.54, 1.807) is 0 Å². The highest BCUT2D eigenvalue weighted by Crippen LogP contribution is 2.40. The van der Waals surface area contributed by atoms with Gasteiger partial charge in [0.15, 0.2) is 5.82 Å². The minimum atomic E-state index is -0.500. The van der Waals surface area contributed by atoms with E-state index < -0.39 is 5.82 Å². The first-order chi connectivity index (χ1) is 16.4. The van der Waals surface area contributed by atoms with Gasteiger partial charge >= 0.3 is 0 Å². The molecule has 0 unspecified atom stereocenters. The van der Waals surface area contributed by atoms with Crippen LogP contribution in [-0.4, -0.2) is 47.2 Å². The number of carbonyl (C=O) groups excluding carboxylic acids is 1. The van der Waals surface area contributed by atoms with Crippen molar-refractivity contribution in [1.29, 1.82) is 0 Å². The van der Waals surface area contributed by atoms with Crippen LogP contribution >= 0.6 is 23.2 Å². The number of anilines is 2. The van der Waals surface area contributed by atoms with Crippen molar-refractivity contribution in [2.45, 2.75) is 25.8 Å². The van der Waals surface area contributed by atoms with Gasteiger partial charge in [-0.2, -0.15) is 0 Å². The maximum absolute atomic E-state index is 14.2. The summed E-state index contributed by atoms with van der Waals surface area (Å²) in [5, 5.41) is 12.5. The average molecular weight is 500 g/mol. The largest absolute Gasteiger partial charge is 0.365 e. The van der Waals surface area contributed by atoms with Gasteiger partial charge in [-0.15, -0.1) is 10.2 Å². The molecule has 34 heavy (non-hydrogen) atoms. The standard InChI is InChI=1S/C25H24Cl2FN5O/c1-15(22-18(26)8-9-19(28)23(22)27)33-13-10-29-24-21(33)14-20(30-31-24)16-4-6-17(7-5-16)25(34)32-11-2-3-12-32/h4-9,14-15H,2-3,10-13H2,1H3,(H,29,31)/t15-/m1/s1. The Morgan fingerprint density at radius 1 is 1.06 bits per heavy atom. The van der Waals surface area contributed by atoms with Crippen molar-refractivity contribution in [2.24, 2.45) is 0 Å². The second kappa shape index (κ2) is 9.39. The molecule has 1 amide bonds. The normalized spacial score (nSPS) is 16.2. The molecule has 1 aromatic heterocycles. The van der Waals surface area contributed by atoms with Crippen LogP contribution in [0.2, 0.25) is 10.0 Å². The summed E-state index contributed by atoms with van der Waals surface area (Å²) in [4.78, 5) is 16.6. The van der Waals surface area contributed by atoms with E-state index in [0.717, 1.165) is 37.2 Å². The maximum atomic E-state index is 14.2. The van der Waals surface area contributed by atoms with E-state index in [-0.39, 0.29) is 17.0 Å². The minimum absolute atomic E-state index is 0.0283. The Balaban J connectivity index is 1.45. The SMILES string of the molecule is C[C@H](c1c(Cl)ccc(F)c1Cl)N1CCNc2nnc(-c3ccc(C(=O)N4CCCC4)cc3)cc21. The third kappa shape index (κ3) is 4.18. The zero-order valence-corrected chi connectivity index (χ0v) is 20.2. The van der Waals surface area contributed by atoms with Crippen molar-refractivity contribution in [3.8, 4) is 11.3 Å². The lowest BCUT2D eigenvalue weighted by Crippen LogP contribution is -2.37. The molecule has 176 valence electrons. The van der Waals surface area contributed by atoms with Crippen molar-refractivity contribution in [3.05, 3.63) is 69.5 Å². The fraction of sp³-hybridized carbons (Fsp3) is 0.320. The Hall–Kier alpha value is -2.90. The predicted octanol–water partition coefficient (Wildman–Crippen LogP) is 5.82. The number of hydrogen-bond acceptors (Lipinski definition) is 5. The summed E-state index contributed by atoms with van der Waals surface area (Å²) in [6.45, 7) is 4.89. The van der Waals surface area contributed by atoms with Gasteiger partial charge in [-0.25, -0.2) is 4.39 Å². The van der Waals surface area contributed by atoms with Gasteiger partial charge in [-0.05, 0) is 50.1 Å². The molecule has 0 saturated carbocycles. The van der Waals surface area contributed by atoms with Gasteiger partial charge in [0.2, 0.25) is 0 Å². The van der Waals surface area contributed by atoms with Crippen molar-refractivity contribution in [1.82, 2.24) is 15.1 Å². The average Bonchev–Trinajstić information content (AvgIpc) is 3.40. The van der Waals surface area contributed by atoms with Gasteiger partial charge in [0, 0.05) is 47.9 Å². The molecule has 3 aromatic rings. The van der Waals surface area contributed by atoms with Crippen LogP contribution in [0.15, 0.2) is 42.5 Å². The minimum Gasteiger partial charge on any atom is -0.365 e. The lowest BCUT2D eigenvalue weighted by molar-refractivity contribution is 0.0793. The van der Waals surface area contributed by atoms with Crippen molar-refractivity contribution in [3.63, 3.8) is 0 Å². The molecule has 0 aliphatic carbocycles. The number of fused-ring (bicyclic) bond motifs is 1. The lowest BCUT2D eigenvalue weighted by atomic mass is 10.0. The molecule has 2 aliphatic heterocycles. The van der Waals surface area contributed by atoms with Gasteiger partial charge in [-0.1, -0.05) is 35.3 Å². The molecule has 0 bridgehead atoms. The van der Waals surface area contributed by atoms with E-state index in [4.69, 9.17) is 23.2 Å². The van der Waals surface area contributed by atoms with Crippen LogP contribution in [0.25, 0.3) is 11.3 Å². The monoisotopic (exact) mass is 499 g/mol. The molecule has 1 N–H and O–H groups in total. The van der Waals surface area contributed by atoms with E-state index in [0.29, 0.717) is 40.8 Å². The van der Waals surface area contributed by atoms with Gasteiger partial charge in [0.05, 0.1) is 22.4 Å². The second-order valence-corrected chi connectivity index (χ2v) is 9.38. The predicted molar refractivity (Wildman–Crippen MR) is 133 cm³/mol. The number of amides is 1. The van der Waals surface area contributed by atoms with Gasteiger partial charge in [0.25, 0.3) is 5.91 Å². The fourth-order valence-electron chi connectivity index (χ4n) is 4.65. The van der Waals surface area contributed by atoms with Crippen molar-refractivity contribution < 1.29 is 9.18 Å². The Morgan fingerprint density at radius 3 is 2.53 bits per heavy atom. The van der Waals surface area contributed by atoms with E-state index in [9.17, 15) is 9.18 Å². The van der Waals surface area contributed by atoms with Crippen molar-refractivity contribution >= 4 is 40.6 Å². The van der Waals surface area contributed by atoms with Gasteiger partial charge in [-0.3, -0.25) is 4.79 Å². The molecule has 2 aliphatic rings. The summed E-state index contributed by atoms with van der Waals surface area (Å²) in [7, 11) is 0. The summed E-state index contributed by atoms with van der Waals surface area (Å²) < 4.78 is 14.2. The molecule has 1 saturated heterocycles. The maximum Gasteiger partial charge on any atom is 0.253 e. The molecule has 6 nitrogen and oxygen atoms in total. The summed E-state index contributed by atoms with van der Waals surface area (Å²) in [5.41, 5.74) is 3.57. The highest BCUT2D eigenvalue weighted by Gasteiger charge is 2.28. The summed E-state index contributed by atoms with van der Waals surface area (Å²) in [6.07, 6.45) is 2.12. The molecular formula is C25H24Cl2FN5O. The molecule has 9 heteroatoms. The van der Waals surface area contributed by atoms with E-state index in [2.05, 4.69) is 20.4 Å². The summed E-state index contributed by atoms with van der Waals surface area (Å²) >= 11 is 12.7. The third-order valence-electron chi connectivity index (χ3n) is 6.51. The number of rotatable bonds is 4. The smallest absolute Gasteiger partial charge is 0.253 e. The first-order valence-electron chi connectivity index (χ1n) is 11.4. The highest BCUT2D eigenvalue weighted by atomic mass is 35.5. The number of carbonyl (C=O) groups is 1. The first kappa shape index (κ1) is 22.9. The number of halogens is 3. The lowest BCUT2D eigenvalue weighted by Gasteiger charge is -2.36. The second-order valence-electron chi connectivity index (χ2n) is 8.59. The van der Waals surface area contributed by atoms with E-state index in [1.165, 1.54) is 12.1 Å². The molecular weight excluding hydrogens is 476 g/mol. The summed E-state index contributed by atoms with van der Waals surface area (Å²) in [5.74, 6) is 0.209. The molecule has 3 heterocycles. The number of nitrogens with one attached hydrogen (secondary N) is 1. The molecule has 2 aromatic carbocycles. The van der Waals surface area contributed by atoms with Crippen LogP contribution in [0.4, 0.5) is 15.9 Å². The molecule has 1 atom stereocenters. The number of likely N-dealkylation sites (tertiary alicyclic amines) is 1. The number of aromatic nitrogens is 2. The molecule has 0 radical (unpaired) electrons. The Kier molecular flexibility index (Phi) is 6.32. The Labute approximate surface area is 207 Å². The quantitative estimate of drug-likeness (QED) is 0.458. The zero-order valence-electron chi connectivity index (χ0n) is 18.7. The van der Waals surface area contributed by atoms with Crippen LogP contribution < -0.4 is 10.2 Å².